The second kappa shape index (κ2) is 5.46. The largest absolute Gasteiger partial charge is 0.462 e. The molecule has 6 nitrogen and oxygen atoms in total. The van der Waals surface area contributed by atoms with Gasteiger partial charge in [-0.05, 0) is 12.1 Å². The van der Waals surface area contributed by atoms with Crippen molar-refractivity contribution in [2.75, 3.05) is 6.54 Å². The molecule has 2 rings (SSSR count). The molecule has 3 N–H and O–H groups in total. The highest BCUT2D eigenvalue weighted by molar-refractivity contribution is 7.13. The van der Waals surface area contributed by atoms with Crippen molar-refractivity contribution in [3.05, 3.63) is 29.5 Å². The molecule has 0 saturated heterocycles. The minimum Gasteiger partial charge on any atom is -0.462 e. The van der Waals surface area contributed by atoms with Crippen molar-refractivity contribution in [3.63, 3.8) is 0 Å². The van der Waals surface area contributed by atoms with E-state index in [0.717, 1.165) is 5.01 Å². The summed E-state index contributed by atoms with van der Waals surface area (Å²) in [5, 5.41) is 4.90. The molecule has 94 valence electrons. The van der Waals surface area contributed by atoms with Crippen LogP contribution in [0.25, 0.3) is 10.8 Å². The first kappa shape index (κ1) is 12.3. The number of amides is 2. The van der Waals surface area contributed by atoms with Crippen LogP contribution in [0.4, 0.5) is 0 Å². The SMILES string of the molecule is NC(=O)CNC(=O)Cc1csc(-c2ccco2)n1. The molecule has 0 bridgehead atoms. The Bertz CT molecular complexity index is 548. The molecule has 0 aliphatic carbocycles. The number of hydrogen-bond acceptors (Lipinski definition) is 5. The number of hydrogen-bond donors (Lipinski definition) is 2. The van der Waals surface area contributed by atoms with Crippen LogP contribution >= 0.6 is 11.3 Å². The molecular formula is C11H11N3O3S. The predicted molar refractivity (Wildman–Crippen MR) is 65.7 cm³/mol. The first-order valence-electron chi connectivity index (χ1n) is 5.18. The van der Waals surface area contributed by atoms with E-state index in [-0.39, 0.29) is 18.9 Å². The maximum Gasteiger partial charge on any atom is 0.236 e. The summed E-state index contributed by atoms with van der Waals surface area (Å²) >= 11 is 1.40. The molecule has 0 aliphatic heterocycles. The zero-order valence-corrected chi connectivity index (χ0v) is 10.2. The van der Waals surface area contributed by atoms with Crippen molar-refractivity contribution in [2.24, 2.45) is 5.73 Å². The Labute approximate surface area is 107 Å². The van der Waals surface area contributed by atoms with E-state index < -0.39 is 5.91 Å². The molecular weight excluding hydrogens is 254 g/mol. The van der Waals surface area contributed by atoms with Crippen molar-refractivity contribution in [3.8, 4) is 10.8 Å². The van der Waals surface area contributed by atoms with Gasteiger partial charge in [0, 0.05) is 5.38 Å². The number of nitrogens with one attached hydrogen (secondary N) is 1. The van der Waals surface area contributed by atoms with E-state index in [1.165, 1.54) is 11.3 Å². The normalized spacial score (nSPS) is 10.2. The fourth-order valence-electron chi connectivity index (χ4n) is 1.31. The molecule has 0 fully saturated rings. The lowest BCUT2D eigenvalue weighted by Gasteiger charge is -1.99. The molecule has 7 heteroatoms. The Balaban J connectivity index is 1.95. The summed E-state index contributed by atoms with van der Waals surface area (Å²) in [5.74, 6) is -0.188. The first-order valence-corrected chi connectivity index (χ1v) is 6.06. The summed E-state index contributed by atoms with van der Waals surface area (Å²) < 4.78 is 5.20. The van der Waals surface area contributed by atoms with Gasteiger partial charge < -0.3 is 15.5 Å². The van der Waals surface area contributed by atoms with Crippen LogP contribution in [0.1, 0.15) is 5.69 Å². The number of thiazole rings is 1. The van der Waals surface area contributed by atoms with Gasteiger partial charge in [0.1, 0.15) is 0 Å². The number of furan rings is 1. The van der Waals surface area contributed by atoms with E-state index in [2.05, 4.69) is 10.3 Å². The quantitative estimate of drug-likeness (QED) is 0.824. The summed E-state index contributed by atoms with van der Waals surface area (Å²) in [4.78, 5) is 26.2. The second-order valence-electron chi connectivity index (χ2n) is 3.54. The summed E-state index contributed by atoms with van der Waals surface area (Å²) in [6.45, 7) is -0.159. The Kier molecular flexibility index (Phi) is 3.73. The standard InChI is InChI=1S/C11H11N3O3S/c12-9(15)5-13-10(16)4-7-6-18-11(14-7)8-2-1-3-17-8/h1-3,6H,4-5H2,(H2,12,15)(H,13,16). The van der Waals surface area contributed by atoms with Crippen LogP contribution in [-0.4, -0.2) is 23.3 Å². The van der Waals surface area contributed by atoms with Crippen LogP contribution in [0.5, 0.6) is 0 Å². The van der Waals surface area contributed by atoms with Gasteiger partial charge in [-0.2, -0.15) is 0 Å². The third kappa shape index (κ3) is 3.17. The van der Waals surface area contributed by atoms with Gasteiger partial charge in [-0.25, -0.2) is 4.98 Å². The number of nitrogens with zero attached hydrogens (tertiary/aromatic N) is 1. The van der Waals surface area contributed by atoms with Crippen LogP contribution in [0.2, 0.25) is 0 Å². The van der Waals surface area contributed by atoms with Crippen LogP contribution in [0.15, 0.2) is 28.2 Å². The average Bonchev–Trinajstić information content (AvgIpc) is 2.95. The number of carbonyl (C=O) groups excluding carboxylic acids is 2. The van der Waals surface area contributed by atoms with Crippen molar-refractivity contribution >= 4 is 23.2 Å². The van der Waals surface area contributed by atoms with Crippen LogP contribution in [0, 0.1) is 0 Å². The summed E-state index contributed by atoms with van der Waals surface area (Å²) in [5.41, 5.74) is 5.56. The Morgan fingerprint density at radius 2 is 2.33 bits per heavy atom. The molecule has 0 spiro atoms. The van der Waals surface area contributed by atoms with Gasteiger partial charge in [0.2, 0.25) is 11.8 Å². The van der Waals surface area contributed by atoms with Gasteiger partial charge >= 0.3 is 0 Å². The van der Waals surface area contributed by atoms with Crippen molar-refractivity contribution in [2.45, 2.75) is 6.42 Å². The Morgan fingerprint density at radius 1 is 1.50 bits per heavy atom. The highest BCUT2D eigenvalue weighted by Crippen LogP contribution is 2.23. The lowest BCUT2D eigenvalue weighted by atomic mass is 10.3. The zero-order valence-electron chi connectivity index (χ0n) is 9.38. The monoisotopic (exact) mass is 265 g/mol. The molecule has 18 heavy (non-hydrogen) atoms. The predicted octanol–water partition coefficient (Wildman–Crippen LogP) is 0.547. The molecule has 2 amide bonds. The maximum atomic E-state index is 11.4. The van der Waals surface area contributed by atoms with Crippen molar-refractivity contribution in [1.29, 1.82) is 0 Å². The smallest absolute Gasteiger partial charge is 0.236 e. The lowest BCUT2D eigenvalue weighted by Crippen LogP contribution is -2.34. The number of rotatable bonds is 5. The van der Waals surface area contributed by atoms with E-state index in [4.69, 9.17) is 10.2 Å². The summed E-state index contributed by atoms with van der Waals surface area (Å²) in [6.07, 6.45) is 1.68. The van der Waals surface area contributed by atoms with Crippen molar-refractivity contribution in [1.82, 2.24) is 10.3 Å². The number of primary amides is 1. The molecule has 2 aromatic rings. The fraction of sp³-hybridized carbons (Fsp3) is 0.182. The summed E-state index contributed by atoms with van der Waals surface area (Å²) in [6, 6.07) is 3.58. The fourth-order valence-corrected chi connectivity index (χ4v) is 2.10. The first-order chi connectivity index (χ1) is 8.65. The lowest BCUT2D eigenvalue weighted by molar-refractivity contribution is -0.124. The molecule has 0 atom stereocenters. The van der Waals surface area contributed by atoms with E-state index in [0.29, 0.717) is 11.5 Å². The van der Waals surface area contributed by atoms with Gasteiger partial charge in [-0.15, -0.1) is 11.3 Å². The van der Waals surface area contributed by atoms with Crippen LogP contribution in [-0.2, 0) is 16.0 Å². The van der Waals surface area contributed by atoms with Gasteiger partial charge in [0.05, 0.1) is 24.9 Å². The molecule has 0 saturated carbocycles. The van der Waals surface area contributed by atoms with Crippen LogP contribution in [0.3, 0.4) is 0 Å². The Hall–Kier alpha value is -2.15. The van der Waals surface area contributed by atoms with E-state index in [9.17, 15) is 9.59 Å². The molecule has 0 unspecified atom stereocenters. The number of nitrogens with two attached hydrogens (primary N) is 1. The van der Waals surface area contributed by atoms with E-state index in [1.54, 1.807) is 23.8 Å². The van der Waals surface area contributed by atoms with Crippen LogP contribution < -0.4 is 11.1 Å². The van der Waals surface area contributed by atoms with E-state index >= 15 is 0 Å². The highest BCUT2D eigenvalue weighted by atomic mass is 32.1. The van der Waals surface area contributed by atoms with E-state index in [1.807, 2.05) is 0 Å². The average molecular weight is 265 g/mol. The highest BCUT2D eigenvalue weighted by Gasteiger charge is 2.10. The number of aromatic nitrogens is 1. The molecule has 0 aromatic carbocycles. The van der Waals surface area contributed by atoms with Gasteiger partial charge in [0.15, 0.2) is 10.8 Å². The van der Waals surface area contributed by atoms with Gasteiger partial charge in [-0.1, -0.05) is 0 Å². The topological polar surface area (TPSA) is 98.2 Å². The zero-order chi connectivity index (χ0) is 13.0. The molecule has 0 radical (unpaired) electrons. The minimum absolute atomic E-state index is 0.116. The Morgan fingerprint density at radius 3 is 3.00 bits per heavy atom. The van der Waals surface area contributed by atoms with Gasteiger partial charge in [-0.3, -0.25) is 9.59 Å². The third-order valence-electron chi connectivity index (χ3n) is 2.09. The number of carbonyl (C=O) groups is 2. The van der Waals surface area contributed by atoms with Crippen molar-refractivity contribution < 1.29 is 14.0 Å². The maximum absolute atomic E-state index is 11.4. The third-order valence-corrected chi connectivity index (χ3v) is 2.99. The molecule has 0 aliphatic rings. The molecule has 2 heterocycles. The van der Waals surface area contributed by atoms with Gasteiger partial charge in [0.25, 0.3) is 0 Å². The molecule has 2 aromatic heterocycles. The summed E-state index contributed by atoms with van der Waals surface area (Å²) in [7, 11) is 0. The minimum atomic E-state index is -0.571. The second-order valence-corrected chi connectivity index (χ2v) is 4.40.